The van der Waals surface area contributed by atoms with Crippen LogP contribution in [0.4, 0.5) is 15.3 Å². The summed E-state index contributed by atoms with van der Waals surface area (Å²) in [6.45, 7) is 5.21. The van der Waals surface area contributed by atoms with Crippen LogP contribution >= 0.6 is 0 Å². The Balaban J connectivity index is 2.31. The molecule has 2 rings (SSSR count). The van der Waals surface area contributed by atoms with Crippen molar-refractivity contribution in [1.82, 2.24) is 5.43 Å². The van der Waals surface area contributed by atoms with Crippen molar-refractivity contribution in [1.29, 1.82) is 0 Å². The minimum atomic E-state index is -0.880. The fourth-order valence-electron chi connectivity index (χ4n) is 2.06. The SMILES string of the molecule is CC(C)(C)OC(=O)Nc1cccc2c1C(=O)/C(=N/NC(N)=O)C=C2. The van der Waals surface area contributed by atoms with Gasteiger partial charge in [-0.1, -0.05) is 18.2 Å². The standard InChI is InChI=1S/C16H18N4O4/c1-16(2,3)24-15(23)18-10-6-4-5-9-7-8-11(13(21)12(9)10)19-20-14(17)22/h4-8H,1-3H3,(H,18,23)(H3,17,20,22)/b19-11+. The third-order valence-corrected chi connectivity index (χ3v) is 2.90. The zero-order valence-electron chi connectivity index (χ0n) is 13.5. The fourth-order valence-corrected chi connectivity index (χ4v) is 2.06. The highest BCUT2D eigenvalue weighted by Gasteiger charge is 2.25. The van der Waals surface area contributed by atoms with Crippen LogP contribution in [0.3, 0.4) is 0 Å². The summed E-state index contributed by atoms with van der Waals surface area (Å²) < 4.78 is 5.19. The highest BCUT2D eigenvalue weighted by molar-refractivity contribution is 6.53. The number of carbonyl (C=O) groups excluding carboxylic acids is 3. The van der Waals surface area contributed by atoms with Gasteiger partial charge in [0.15, 0.2) is 0 Å². The first-order chi connectivity index (χ1) is 11.2. The molecule has 1 aromatic rings. The van der Waals surface area contributed by atoms with Gasteiger partial charge in [0.1, 0.15) is 11.3 Å². The lowest BCUT2D eigenvalue weighted by atomic mass is 9.93. The van der Waals surface area contributed by atoms with E-state index in [9.17, 15) is 14.4 Å². The predicted octanol–water partition coefficient (Wildman–Crippen LogP) is 2.27. The maximum atomic E-state index is 12.6. The van der Waals surface area contributed by atoms with E-state index in [1.165, 1.54) is 6.08 Å². The van der Waals surface area contributed by atoms with Gasteiger partial charge in [-0.3, -0.25) is 10.1 Å². The molecule has 0 heterocycles. The fraction of sp³-hybridized carbons (Fsp3) is 0.250. The zero-order chi connectivity index (χ0) is 17.9. The van der Waals surface area contributed by atoms with Gasteiger partial charge in [0.25, 0.3) is 0 Å². The van der Waals surface area contributed by atoms with E-state index in [1.807, 2.05) is 5.43 Å². The Morgan fingerprint density at radius 1 is 1.21 bits per heavy atom. The first-order valence-corrected chi connectivity index (χ1v) is 7.16. The van der Waals surface area contributed by atoms with E-state index in [0.29, 0.717) is 11.3 Å². The predicted molar refractivity (Wildman–Crippen MR) is 89.8 cm³/mol. The average molecular weight is 330 g/mol. The average Bonchev–Trinajstić information content (AvgIpc) is 2.44. The second kappa shape index (κ2) is 6.53. The van der Waals surface area contributed by atoms with Crippen molar-refractivity contribution in [3.05, 3.63) is 35.4 Å². The summed E-state index contributed by atoms with van der Waals surface area (Å²) in [6.07, 6.45) is 2.43. The van der Waals surface area contributed by atoms with E-state index in [1.54, 1.807) is 45.0 Å². The highest BCUT2D eigenvalue weighted by Crippen LogP contribution is 2.26. The van der Waals surface area contributed by atoms with Gasteiger partial charge in [-0.2, -0.15) is 5.10 Å². The molecule has 24 heavy (non-hydrogen) atoms. The minimum Gasteiger partial charge on any atom is -0.444 e. The van der Waals surface area contributed by atoms with Crippen molar-refractivity contribution in [2.75, 3.05) is 5.32 Å². The third-order valence-electron chi connectivity index (χ3n) is 2.90. The number of nitrogens with two attached hydrogens (primary N) is 1. The van der Waals surface area contributed by atoms with Gasteiger partial charge in [0.05, 0.1) is 11.3 Å². The summed E-state index contributed by atoms with van der Waals surface area (Å²) in [5.74, 6) is -0.451. The molecular weight excluding hydrogens is 312 g/mol. The van der Waals surface area contributed by atoms with Crippen LogP contribution in [0, 0.1) is 0 Å². The number of nitrogens with one attached hydrogen (secondary N) is 2. The number of hydrazone groups is 1. The molecule has 126 valence electrons. The van der Waals surface area contributed by atoms with Crippen LogP contribution in [0.2, 0.25) is 0 Å². The Kier molecular flexibility index (Phi) is 4.68. The van der Waals surface area contributed by atoms with Crippen LogP contribution in [0.15, 0.2) is 29.4 Å². The molecule has 3 amide bonds. The molecule has 0 atom stereocenters. The lowest BCUT2D eigenvalue weighted by Crippen LogP contribution is -2.30. The summed E-state index contributed by atoms with van der Waals surface area (Å²) in [5.41, 5.74) is 7.45. The molecule has 1 aromatic carbocycles. The van der Waals surface area contributed by atoms with E-state index in [4.69, 9.17) is 10.5 Å². The molecule has 8 heteroatoms. The normalized spacial score (nSPS) is 15.0. The Labute approximate surface area is 138 Å². The van der Waals surface area contributed by atoms with Crippen molar-refractivity contribution in [2.45, 2.75) is 26.4 Å². The molecule has 8 nitrogen and oxygen atoms in total. The van der Waals surface area contributed by atoms with E-state index >= 15 is 0 Å². The van der Waals surface area contributed by atoms with Crippen LogP contribution in [-0.4, -0.2) is 29.2 Å². The number of benzene rings is 1. The van der Waals surface area contributed by atoms with Gasteiger partial charge in [-0.05, 0) is 38.5 Å². The summed E-state index contributed by atoms with van der Waals surface area (Å²) in [7, 11) is 0. The molecule has 0 radical (unpaired) electrons. The summed E-state index contributed by atoms with van der Waals surface area (Å²) in [4.78, 5) is 35.2. The second-order valence-corrected chi connectivity index (χ2v) is 6.03. The van der Waals surface area contributed by atoms with Crippen molar-refractivity contribution >= 4 is 35.4 Å². The maximum Gasteiger partial charge on any atom is 0.412 e. The molecule has 0 unspecified atom stereocenters. The number of ketones is 1. The molecule has 0 bridgehead atoms. The van der Waals surface area contributed by atoms with Gasteiger partial charge < -0.3 is 10.5 Å². The van der Waals surface area contributed by atoms with Crippen LogP contribution in [-0.2, 0) is 4.74 Å². The minimum absolute atomic E-state index is 0.000242. The molecule has 0 saturated heterocycles. The highest BCUT2D eigenvalue weighted by atomic mass is 16.6. The number of hydrogen-bond acceptors (Lipinski definition) is 5. The number of amides is 3. The second-order valence-electron chi connectivity index (χ2n) is 6.03. The molecule has 0 aromatic heterocycles. The number of rotatable bonds is 2. The summed E-state index contributed by atoms with van der Waals surface area (Å²) in [5, 5.41) is 6.21. The quantitative estimate of drug-likeness (QED) is 0.720. The third kappa shape index (κ3) is 4.19. The van der Waals surface area contributed by atoms with Crippen LogP contribution in [0.1, 0.15) is 36.7 Å². The van der Waals surface area contributed by atoms with Crippen LogP contribution in [0.25, 0.3) is 6.08 Å². The van der Waals surface area contributed by atoms with Crippen LogP contribution in [0.5, 0.6) is 0 Å². The monoisotopic (exact) mass is 330 g/mol. The van der Waals surface area contributed by atoms with Gasteiger partial charge in [-0.25, -0.2) is 15.0 Å². The zero-order valence-corrected chi connectivity index (χ0v) is 13.5. The molecule has 4 N–H and O–H groups in total. The van der Waals surface area contributed by atoms with E-state index < -0.39 is 23.5 Å². The number of ether oxygens (including phenoxy) is 1. The van der Waals surface area contributed by atoms with Gasteiger partial charge in [0.2, 0.25) is 5.78 Å². The first-order valence-electron chi connectivity index (χ1n) is 7.16. The smallest absolute Gasteiger partial charge is 0.412 e. The lowest BCUT2D eigenvalue weighted by Gasteiger charge is -2.21. The van der Waals surface area contributed by atoms with E-state index in [2.05, 4.69) is 10.4 Å². The number of hydrogen-bond donors (Lipinski definition) is 3. The molecule has 0 saturated carbocycles. The number of urea groups is 1. The molecule has 0 spiro atoms. The number of fused-ring (bicyclic) bond motifs is 1. The number of allylic oxidation sites excluding steroid dienone is 1. The Hall–Kier alpha value is -3.16. The molecular formula is C16H18N4O4. The van der Waals surface area contributed by atoms with E-state index in [-0.39, 0.29) is 11.3 Å². The molecule has 0 aliphatic heterocycles. The van der Waals surface area contributed by atoms with Gasteiger partial charge in [-0.15, -0.1) is 0 Å². The van der Waals surface area contributed by atoms with Gasteiger partial charge in [0, 0.05) is 0 Å². The number of nitrogens with zero attached hydrogens (tertiary/aromatic N) is 1. The topological polar surface area (TPSA) is 123 Å². The molecule has 0 fully saturated rings. The summed E-state index contributed by atoms with van der Waals surface area (Å²) in [6, 6.07) is 4.13. The number of carbonyl (C=O) groups is 3. The molecule has 1 aliphatic carbocycles. The van der Waals surface area contributed by atoms with Crippen molar-refractivity contribution < 1.29 is 19.1 Å². The molecule has 1 aliphatic rings. The Bertz CT molecular complexity index is 760. The largest absolute Gasteiger partial charge is 0.444 e. The number of Topliss-reactive ketones (excluding diaryl/α,β-unsaturated/α-hetero) is 1. The number of anilines is 1. The van der Waals surface area contributed by atoms with Gasteiger partial charge >= 0.3 is 12.1 Å². The Morgan fingerprint density at radius 2 is 1.92 bits per heavy atom. The van der Waals surface area contributed by atoms with Crippen molar-refractivity contribution in [3.63, 3.8) is 0 Å². The summed E-state index contributed by atoms with van der Waals surface area (Å²) >= 11 is 0. The maximum absolute atomic E-state index is 12.6. The Morgan fingerprint density at radius 3 is 2.54 bits per heavy atom. The van der Waals surface area contributed by atoms with E-state index in [0.717, 1.165) is 0 Å². The van der Waals surface area contributed by atoms with Crippen LogP contribution < -0.4 is 16.5 Å². The first kappa shape index (κ1) is 17.2. The number of primary amides is 1. The van der Waals surface area contributed by atoms with Crippen molar-refractivity contribution in [2.24, 2.45) is 10.8 Å². The van der Waals surface area contributed by atoms with Crippen molar-refractivity contribution in [3.8, 4) is 0 Å². The lowest BCUT2D eigenvalue weighted by molar-refractivity contribution is 0.0636.